The standard InChI is InChI=1S/C19H13NO2/c21-19-17-16(12-22-19)15(13-7-3-1-4-8-13)11-20-18(17)14-9-5-2-6-10-14/h1-12,21H. The van der Waals surface area contributed by atoms with E-state index in [-0.39, 0.29) is 5.95 Å². The molecule has 2 aromatic carbocycles. The quantitative estimate of drug-likeness (QED) is 0.572. The van der Waals surface area contributed by atoms with Gasteiger partial charge in [-0.2, -0.15) is 0 Å². The molecule has 0 radical (unpaired) electrons. The average molecular weight is 287 g/mol. The van der Waals surface area contributed by atoms with Crippen molar-refractivity contribution in [1.29, 1.82) is 0 Å². The summed E-state index contributed by atoms with van der Waals surface area (Å²) in [5.41, 5.74) is 3.66. The molecule has 22 heavy (non-hydrogen) atoms. The first-order chi connectivity index (χ1) is 10.8. The number of aromatic nitrogens is 1. The summed E-state index contributed by atoms with van der Waals surface area (Å²) < 4.78 is 5.25. The van der Waals surface area contributed by atoms with Crippen molar-refractivity contribution in [3.8, 4) is 28.3 Å². The third-order valence-corrected chi connectivity index (χ3v) is 3.75. The lowest BCUT2D eigenvalue weighted by molar-refractivity contribution is 0.338. The lowest BCUT2D eigenvalue weighted by Crippen LogP contribution is -1.87. The SMILES string of the molecule is Oc1occ2c(-c3ccccc3)cnc(-c3ccccc3)c12. The van der Waals surface area contributed by atoms with E-state index in [2.05, 4.69) is 4.98 Å². The number of benzene rings is 2. The van der Waals surface area contributed by atoms with E-state index >= 15 is 0 Å². The van der Waals surface area contributed by atoms with Crippen LogP contribution in [-0.2, 0) is 0 Å². The van der Waals surface area contributed by atoms with Crippen molar-refractivity contribution in [3.63, 3.8) is 0 Å². The van der Waals surface area contributed by atoms with Gasteiger partial charge in [0.2, 0.25) is 0 Å². The number of hydrogen-bond donors (Lipinski definition) is 1. The fraction of sp³-hybridized carbons (Fsp3) is 0. The molecule has 0 atom stereocenters. The molecule has 106 valence electrons. The Morgan fingerprint density at radius 1 is 0.818 bits per heavy atom. The summed E-state index contributed by atoms with van der Waals surface area (Å²) in [6.45, 7) is 0. The number of nitrogens with zero attached hydrogens (tertiary/aromatic N) is 1. The highest BCUT2D eigenvalue weighted by Gasteiger charge is 2.17. The highest BCUT2D eigenvalue weighted by atomic mass is 16.5. The molecule has 0 aliphatic heterocycles. The number of fused-ring (bicyclic) bond motifs is 1. The molecule has 0 aliphatic rings. The molecule has 0 spiro atoms. The minimum atomic E-state index is -0.0980. The van der Waals surface area contributed by atoms with Gasteiger partial charge in [-0.15, -0.1) is 0 Å². The van der Waals surface area contributed by atoms with Gasteiger partial charge in [0, 0.05) is 22.7 Å². The van der Waals surface area contributed by atoms with E-state index in [0.29, 0.717) is 5.39 Å². The Morgan fingerprint density at radius 2 is 1.45 bits per heavy atom. The van der Waals surface area contributed by atoms with Crippen LogP contribution in [0.15, 0.2) is 77.5 Å². The largest absolute Gasteiger partial charge is 0.480 e. The first kappa shape index (κ1) is 12.7. The van der Waals surface area contributed by atoms with Crippen LogP contribution in [0.25, 0.3) is 33.2 Å². The summed E-state index contributed by atoms with van der Waals surface area (Å²) in [7, 11) is 0. The number of pyridine rings is 1. The van der Waals surface area contributed by atoms with Crippen LogP contribution < -0.4 is 0 Å². The Balaban J connectivity index is 2.02. The Labute approximate surface area is 127 Å². The van der Waals surface area contributed by atoms with E-state index in [1.165, 1.54) is 0 Å². The van der Waals surface area contributed by atoms with Crippen LogP contribution in [-0.4, -0.2) is 10.1 Å². The van der Waals surface area contributed by atoms with Crippen LogP contribution in [0, 0.1) is 0 Å². The molecule has 0 unspecified atom stereocenters. The third-order valence-electron chi connectivity index (χ3n) is 3.75. The van der Waals surface area contributed by atoms with E-state index in [4.69, 9.17) is 4.42 Å². The van der Waals surface area contributed by atoms with Crippen molar-refractivity contribution in [3.05, 3.63) is 73.1 Å². The van der Waals surface area contributed by atoms with E-state index in [9.17, 15) is 5.11 Å². The van der Waals surface area contributed by atoms with Crippen LogP contribution >= 0.6 is 0 Å². The van der Waals surface area contributed by atoms with Crippen LogP contribution in [0.3, 0.4) is 0 Å². The summed E-state index contributed by atoms with van der Waals surface area (Å²) >= 11 is 0. The Bertz CT molecular complexity index is 928. The lowest BCUT2D eigenvalue weighted by atomic mass is 10.00. The first-order valence-corrected chi connectivity index (χ1v) is 7.04. The monoisotopic (exact) mass is 287 g/mol. The third kappa shape index (κ3) is 1.95. The molecule has 0 saturated carbocycles. The minimum Gasteiger partial charge on any atom is -0.480 e. The molecule has 0 bridgehead atoms. The zero-order valence-corrected chi connectivity index (χ0v) is 11.7. The summed E-state index contributed by atoms with van der Waals surface area (Å²) in [4.78, 5) is 4.57. The molecule has 2 aromatic heterocycles. The molecular weight excluding hydrogens is 274 g/mol. The van der Waals surface area contributed by atoms with Crippen molar-refractivity contribution < 1.29 is 9.52 Å². The second-order valence-corrected chi connectivity index (χ2v) is 5.08. The van der Waals surface area contributed by atoms with Gasteiger partial charge < -0.3 is 9.52 Å². The van der Waals surface area contributed by atoms with E-state index < -0.39 is 0 Å². The van der Waals surface area contributed by atoms with E-state index in [0.717, 1.165) is 27.8 Å². The second kappa shape index (κ2) is 5.04. The van der Waals surface area contributed by atoms with Crippen LogP contribution in [0.1, 0.15) is 0 Å². The molecule has 3 heteroatoms. The fourth-order valence-electron chi connectivity index (χ4n) is 2.70. The van der Waals surface area contributed by atoms with Gasteiger partial charge in [0.1, 0.15) is 6.26 Å². The zero-order valence-electron chi connectivity index (χ0n) is 11.7. The number of furan rings is 1. The maximum absolute atomic E-state index is 10.1. The van der Waals surface area contributed by atoms with Gasteiger partial charge in [-0.1, -0.05) is 60.7 Å². The van der Waals surface area contributed by atoms with Gasteiger partial charge in [-0.25, -0.2) is 0 Å². The minimum absolute atomic E-state index is 0.0980. The van der Waals surface area contributed by atoms with Gasteiger partial charge >= 0.3 is 0 Å². The predicted octanol–water partition coefficient (Wildman–Crippen LogP) is 4.87. The van der Waals surface area contributed by atoms with Crippen molar-refractivity contribution in [2.24, 2.45) is 0 Å². The lowest BCUT2D eigenvalue weighted by Gasteiger charge is -2.07. The van der Waals surface area contributed by atoms with Crippen LogP contribution in [0.4, 0.5) is 0 Å². The number of hydrogen-bond acceptors (Lipinski definition) is 3. The molecule has 0 aliphatic carbocycles. The molecule has 0 amide bonds. The molecule has 1 N–H and O–H groups in total. The van der Waals surface area contributed by atoms with E-state index in [1.54, 1.807) is 6.26 Å². The van der Waals surface area contributed by atoms with Gasteiger partial charge in [-0.05, 0) is 5.56 Å². The summed E-state index contributed by atoms with van der Waals surface area (Å²) in [6, 6.07) is 19.8. The van der Waals surface area contributed by atoms with Gasteiger partial charge in [0.05, 0.1) is 11.1 Å². The predicted molar refractivity (Wildman–Crippen MR) is 86.5 cm³/mol. The van der Waals surface area contributed by atoms with Gasteiger partial charge in [0.15, 0.2) is 0 Å². The Kier molecular flexibility index (Phi) is 2.90. The van der Waals surface area contributed by atoms with Crippen molar-refractivity contribution in [2.75, 3.05) is 0 Å². The highest BCUT2D eigenvalue weighted by Crippen LogP contribution is 2.39. The first-order valence-electron chi connectivity index (χ1n) is 7.04. The summed E-state index contributed by atoms with van der Waals surface area (Å²) in [5, 5.41) is 11.6. The second-order valence-electron chi connectivity index (χ2n) is 5.08. The van der Waals surface area contributed by atoms with Gasteiger partial charge in [-0.3, -0.25) is 4.98 Å². The van der Waals surface area contributed by atoms with Crippen LogP contribution in [0.2, 0.25) is 0 Å². The fourth-order valence-corrected chi connectivity index (χ4v) is 2.70. The molecule has 4 aromatic rings. The Hall–Kier alpha value is -3.07. The van der Waals surface area contributed by atoms with Crippen molar-refractivity contribution in [1.82, 2.24) is 4.98 Å². The Morgan fingerprint density at radius 3 is 2.14 bits per heavy atom. The smallest absolute Gasteiger partial charge is 0.292 e. The average Bonchev–Trinajstić information content (AvgIpc) is 2.98. The molecule has 3 nitrogen and oxygen atoms in total. The van der Waals surface area contributed by atoms with Crippen LogP contribution in [0.5, 0.6) is 5.95 Å². The topological polar surface area (TPSA) is 46.3 Å². The number of rotatable bonds is 2. The van der Waals surface area contributed by atoms with Crippen molar-refractivity contribution >= 4 is 10.8 Å². The summed E-state index contributed by atoms with van der Waals surface area (Å²) in [5.74, 6) is -0.0980. The molecule has 2 heterocycles. The van der Waals surface area contributed by atoms with Gasteiger partial charge in [0.25, 0.3) is 5.95 Å². The van der Waals surface area contributed by atoms with Crippen molar-refractivity contribution in [2.45, 2.75) is 0 Å². The highest BCUT2D eigenvalue weighted by molar-refractivity contribution is 6.05. The maximum Gasteiger partial charge on any atom is 0.292 e. The molecule has 0 saturated heterocycles. The molecular formula is C19H13NO2. The molecule has 0 fully saturated rings. The normalized spacial score (nSPS) is 10.9. The zero-order chi connectivity index (χ0) is 14.9. The maximum atomic E-state index is 10.1. The molecule has 4 rings (SSSR count). The number of aromatic hydroxyl groups is 1. The van der Waals surface area contributed by atoms with E-state index in [1.807, 2.05) is 66.9 Å². The summed E-state index contributed by atoms with van der Waals surface area (Å²) in [6.07, 6.45) is 3.41.